The Morgan fingerprint density at radius 1 is 1.04 bits per heavy atom. The fourth-order valence-electron chi connectivity index (χ4n) is 3.16. The van der Waals surface area contributed by atoms with Crippen molar-refractivity contribution in [1.29, 1.82) is 0 Å². The number of hydrogen-bond acceptors (Lipinski definition) is 2. The third kappa shape index (κ3) is 2.45. The van der Waals surface area contributed by atoms with Crippen LogP contribution in [0.5, 0.6) is 0 Å². The highest BCUT2D eigenvalue weighted by Crippen LogP contribution is 2.33. The molecule has 4 nitrogen and oxygen atoms in total. The summed E-state index contributed by atoms with van der Waals surface area (Å²) < 4.78 is 17.5. The molecule has 2 aromatic heterocycles. The molecule has 25 heavy (non-hydrogen) atoms. The van der Waals surface area contributed by atoms with Gasteiger partial charge < -0.3 is 4.57 Å². The van der Waals surface area contributed by atoms with Crippen LogP contribution in [0.4, 0.5) is 4.39 Å². The number of nitrogens with zero attached hydrogens (tertiary/aromatic N) is 3. The van der Waals surface area contributed by atoms with Gasteiger partial charge in [-0.2, -0.15) is 9.78 Å². The Bertz CT molecular complexity index is 1110. The fourth-order valence-corrected chi connectivity index (χ4v) is 3.16. The minimum absolute atomic E-state index is 0.217. The molecule has 0 N–H and O–H groups in total. The summed E-state index contributed by atoms with van der Waals surface area (Å²) in [7, 11) is 1.96. The standard InChI is InChI=1S/C20H16FN3O/c1-13(25)24-20(11-18(22-24)15-8-3-5-9-17(15)21)16-12-23(2)19-10-6-4-7-14(16)19/h3-12H,1-2H3. The minimum atomic E-state index is -0.361. The van der Waals surface area contributed by atoms with Crippen molar-refractivity contribution in [2.75, 3.05) is 0 Å². The van der Waals surface area contributed by atoms with Crippen molar-refractivity contribution in [3.05, 3.63) is 66.6 Å². The molecule has 0 spiro atoms. The molecule has 0 fully saturated rings. The molecule has 5 heteroatoms. The molecule has 0 radical (unpaired) electrons. The summed E-state index contributed by atoms with van der Waals surface area (Å²) in [5.41, 5.74) is 3.42. The normalized spacial score (nSPS) is 11.2. The molecule has 0 aliphatic carbocycles. The van der Waals surface area contributed by atoms with Gasteiger partial charge in [0.05, 0.1) is 11.4 Å². The number of rotatable bonds is 2. The van der Waals surface area contributed by atoms with E-state index in [-0.39, 0.29) is 11.7 Å². The Morgan fingerprint density at radius 2 is 1.76 bits per heavy atom. The highest BCUT2D eigenvalue weighted by atomic mass is 19.1. The molecule has 2 aromatic carbocycles. The number of aromatic nitrogens is 3. The Morgan fingerprint density at radius 3 is 2.52 bits per heavy atom. The highest BCUT2D eigenvalue weighted by Gasteiger charge is 2.19. The van der Waals surface area contributed by atoms with Gasteiger partial charge in [-0.3, -0.25) is 4.79 Å². The van der Waals surface area contributed by atoms with Gasteiger partial charge >= 0.3 is 0 Å². The molecule has 0 aliphatic heterocycles. The van der Waals surface area contributed by atoms with Gasteiger partial charge in [-0.15, -0.1) is 0 Å². The molecular weight excluding hydrogens is 317 g/mol. The molecular formula is C20H16FN3O. The van der Waals surface area contributed by atoms with E-state index in [1.54, 1.807) is 24.3 Å². The number of benzene rings is 2. The van der Waals surface area contributed by atoms with E-state index in [0.29, 0.717) is 17.0 Å². The molecule has 0 atom stereocenters. The molecule has 0 saturated heterocycles. The summed E-state index contributed by atoms with van der Waals surface area (Å²) in [4.78, 5) is 12.1. The van der Waals surface area contributed by atoms with Crippen LogP contribution >= 0.6 is 0 Å². The average molecular weight is 333 g/mol. The first-order valence-corrected chi connectivity index (χ1v) is 7.96. The molecule has 0 amide bonds. The maximum Gasteiger partial charge on any atom is 0.244 e. The monoisotopic (exact) mass is 333 g/mol. The quantitative estimate of drug-likeness (QED) is 0.541. The minimum Gasteiger partial charge on any atom is -0.350 e. The lowest BCUT2D eigenvalue weighted by Gasteiger charge is -2.01. The van der Waals surface area contributed by atoms with Gasteiger partial charge in [0, 0.05) is 42.2 Å². The molecule has 4 rings (SSSR count). The predicted octanol–water partition coefficient (Wildman–Crippen LogP) is 4.51. The third-order valence-electron chi connectivity index (χ3n) is 4.33. The van der Waals surface area contributed by atoms with Crippen LogP contribution < -0.4 is 0 Å². The Balaban J connectivity index is 1.98. The summed E-state index contributed by atoms with van der Waals surface area (Å²) >= 11 is 0. The molecule has 2 heterocycles. The van der Waals surface area contributed by atoms with E-state index in [9.17, 15) is 9.18 Å². The van der Waals surface area contributed by atoms with Crippen molar-refractivity contribution in [2.45, 2.75) is 6.92 Å². The van der Waals surface area contributed by atoms with Gasteiger partial charge in [-0.1, -0.05) is 30.3 Å². The fraction of sp³-hybridized carbons (Fsp3) is 0.100. The zero-order valence-electron chi connectivity index (χ0n) is 13.9. The zero-order valence-corrected chi connectivity index (χ0v) is 13.9. The van der Waals surface area contributed by atoms with E-state index >= 15 is 0 Å². The van der Waals surface area contributed by atoms with Crippen molar-refractivity contribution in [3.8, 4) is 22.5 Å². The second-order valence-corrected chi connectivity index (χ2v) is 6.00. The van der Waals surface area contributed by atoms with Gasteiger partial charge in [0.15, 0.2) is 0 Å². The Kier molecular flexibility index (Phi) is 3.50. The number of fused-ring (bicyclic) bond motifs is 1. The van der Waals surface area contributed by atoms with Gasteiger partial charge in [0.2, 0.25) is 5.91 Å². The molecule has 0 unspecified atom stereocenters. The Hall–Kier alpha value is -3.21. The predicted molar refractivity (Wildman–Crippen MR) is 95.8 cm³/mol. The molecule has 0 bridgehead atoms. The smallest absolute Gasteiger partial charge is 0.244 e. The summed E-state index contributed by atoms with van der Waals surface area (Å²) in [5.74, 6) is -0.578. The lowest BCUT2D eigenvalue weighted by Crippen LogP contribution is -2.09. The van der Waals surface area contributed by atoms with Gasteiger partial charge in [0.1, 0.15) is 5.82 Å². The van der Waals surface area contributed by atoms with Crippen molar-refractivity contribution >= 4 is 16.8 Å². The third-order valence-corrected chi connectivity index (χ3v) is 4.33. The van der Waals surface area contributed by atoms with E-state index < -0.39 is 0 Å². The van der Waals surface area contributed by atoms with Crippen LogP contribution in [0, 0.1) is 5.82 Å². The topological polar surface area (TPSA) is 39.8 Å². The lowest BCUT2D eigenvalue weighted by molar-refractivity contribution is 0.0923. The second-order valence-electron chi connectivity index (χ2n) is 6.00. The molecule has 0 saturated carbocycles. The number of carbonyl (C=O) groups is 1. The van der Waals surface area contributed by atoms with Crippen LogP contribution in [0.2, 0.25) is 0 Å². The van der Waals surface area contributed by atoms with Crippen molar-refractivity contribution in [1.82, 2.24) is 14.3 Å². The first-order valence-electron chi connectivity index (χ1n) is 7.96. The SMILES string of the molecule is CC(=O)n1nc(-c2ccccc2F)cc1-c1cn(C)c2ccccc12. The zero-order chi connectivity index (χ0) is 17.6. The molecule has 0 aliphatic rings. The van der Waals surface area contributed by atoms with Crippen LogP contribution in [-0.2, 0) is 7.05 Å². The Labute approximate surface area is 144 Å². The van der Waals surface area contributed by atoms with Gasteiger partial charge in [-0.25, -0.2) is 4.39 Å². The van der Waals surface area contributed by atoms with Crippen molar-refractivity contribution in [2.24, 2.45) is 7.05 Å². The number of hydrogen-bond donors (Lipinski definition) is 0. The molecule has 124 valence electrons. The van der Waals surface area contributed by atoms with Crippen LogP contribution in [-0.4, -0.2) is 20.3 Å². The largest absolute Gasteiger partial charge is 0.350 e. The summed E-state index contributed by atoms with van der Waals surface area (Å²) in [6.07, 6.45) is 1.96. The van der Waals surface area contributed by atoms with Gasteiger partial charge in [-0.05, 0) is 24.3 Å². The van der Waals surface area contributed by atoms with E-state index in [4.69, 9.17) is 0 Å². The number of para-hydroxylation sites is 1. The summed E-state index contributed by atoms with van der Waals surface area (Å²) in [6, 6.07) is 16.2. The maximum atomic E-state index is 14.1. The van der Waals surface area contributed by atoms with E-state index in [2.05, 4.69) is 5.10 Å². The van der Waals surface area contributed by atoms with E-state index in [0.717, 1.165) is 16.5 Å². The summed E-state index contributed by atoms with van der Waals surface area (Å²) in [5, 5.41) is 5.37. The van der Waals surface area contributed by atoms with E-state index in [1.807, 2.05) is 42.1 Å². The maximum absolute atomic E-state index is 14.1. The first-order chi connectivity index (χ1) is 12.1. The van der Waals surface area contributed by atoms with Crippen LogP contribution in [0.15, 0.2) is 60.8 Å². The highest BCUT2D eigenvalue weighted by molar-refractivity contribution is 5.97. The van der Waals surface area contributed by atoms with E-state index in [1.165, 1.54) is 17.7 Å². The second kappa shape index (κ2) is 5.70. The number of carbonyl (C=O) groups excluding carboxylic acids is 1. The average Bonchev–Trinajstić information content (AvgIpc) is 3.18. The summed E-state index contributed by atoms with van der Waals surface area (Å²) in [6.45, 7) is 1.45. The lowest BCUT2D eigenvalue weighted by atomic mass is 10.1. The van der Waals surface area contributed by atoms with Crippen molar-refractivity contribution in [3.63, 3.8) is 0 Å². The number of halogens is 1. The van der Waals surface area contributed by atoms with Gasteiger partial charge in [0.25, 0.3) is 0 Å². The van der Waals surface area contributed by atoms with Crippen LogP contribution in [0.1, 0.15) is 11.7 Å². The van der Waals surface area contributed by atoms with Crippen molar-refractivity contribution < 1.29 is 9.18 Å². The first kappa shape index (κ1) is 15.3. The molecule has 4 aromatic rings. The van der Waals surface area contributed by atoms with Crippen LogP contribution in [0.25, 0.3) is 33.4 Å². The van der Waals surface area contributed by atoms with Crippen LogP contribution in [0.3, 0.4) is 0 Å². The number of aryl methyl sites for hydroxylation is 1.